The topological polar surface area (TPSA) is 84.7 Å². The molecular formula is C7H14N6O. The summed E-state index contributed by atoms with van der Waals surface area (Å²) in [5.41, 5.74) is 0. The zero-order valence-electron chi connectivity index (χ0n) is 8.48. The van der Waals surface area contributed by atoms with E-state index >= 15 is 0 Å². The van der Waals surface area contributed by atoms with Crippen LogP contribution in [-0.4, -0.2) is 38.7 Å². The van der Waals surface area contributed by atoms with Crippen molar-refractivity contribution in [2.45, 2.75) is 19.9 Å². The summed E-state index contributed by atoms with van der Waals surface area (Å²) in [7, 11) is 1.63. The summed E-state index contributed by atoms with van der Waals surface area (Å²) >= 11 is 0. The van der Waals surface area contributed by atoms with Crippen molar-refractivity contribution in [2.24, 2.45) is 7.05 Å². The number of aryl methyl sites for hydroxylation is 1. The van der Waals surface area contributed by atoms with Gasteiger partial charge in [-0.25, -0.2) is 0 Å². The SMILES string of the molecule is CC(C)NCC(=O)Nc1nnn(C)n1. The smallest absolute Gasteiger partial charge is 0.270 e. The minimum Gasteiger partial charge on any atom is -0.306 e. The maximum Gasteiger partial charge on any atom is 0.270 e. The highest BCUT2D eigenvalue weighted by atomic mass is 16.2. The number of amides is 1. The van der Waals surface area contributed by atoms with Crippen LogP contribution in [0.1, 0.15) is 13.8 Å². The molecule has 0 bridgehead atoms. The molecule has 0 aliphatic rings. The van der Waals surface area contributed by atoms with Crippen LogP contribution in [0, 0.1) is 0 Å². The van der Waals surface area contributed by atoms with Gasteiger partial charge in [-0.1, -0.05) is 18.9 Å². The quantitative estimate of drug-likeness (QED) is 0.658. The third-order valence-corrected chi connectivity index (χ3v) is 1.43. The van der Waals surface area contributed by atoms with Crippen LogP contribution < -0.4 is 10.6 Å². The van der Waals surface area contributed by atoms with Crippen LogP contribution in [0.25, 0.3) is 0 Å². The maximum atomic E-state index is 11.2. The van der Waals surface area contributed by atoms with Crippen LogP contribution in [0.15, 0.2) is 0 Å². The second kappa shape index (κ2) is 4.66. The van der Waals surface area contributed by atoms with Crippen molar-refractivity contribution >= 4 is 11.9 Å². The molecule has 1 aromatic heterocycles. The number of aromatic nitrogens is 4. The van der Waals surface area contributed by atoms with Crippen molar-refractivity contribution in [2.75, 3.05) is 11.9 Å². The fourth-order valence-corrected chi connectivity index (χ4v) is 0.800. The van der Waals surface area contributed by atoms with E-state index in [1.54, 1.807) is 7.05 Å². The molecule has 0 spiro atoms. The molecule has 0 aliphatic carbocycles. The number of hydrogen-bond acceptors (Lipinski definition) is 5. The molecule has 7 nitrogen and oxygen atoms in total. The number of carbonyl (C=O) groups excluding carboxylic acids is 1. The summed E-state index contributed by atoms with van der Waals surface area (Å²) in [6, 6.07) is 0.274. The third kappa shape index (κ3) is 3.48. The van der Waals surface area contributed by atoms with E-state index in [0.29, 0.717) is 0 Å². The molecule has 7 heteroatoms. The van der Waals surface area contributed by atoms with Gasteiger partial charge in [0.25, 0.3) is 5.95 Å². The zero-order chi connectivity index (χ0) is 10.6. The molecular weight excluding hydrogens is 184 g/mol. The number of rotatable bonds is 4. The Morgan fingerprint density at radius 1 is 1.57 bits per heavy atom. The molecule has 1 amide bonds. The van der Waals surface area contributed by atoms with Crippen molar-refractivity contribution in [3.63, 3.8) is 0 Å². The number of carbonyl (C=O) groups is 1. The molecule has 14 heavy (non-hydrogen) atoms. The first-order valence-electron chi connectivity index (χ1n) is 4.35. The van der Waals surface area contributed by atoms with Gasteiger partial charge in [-0.2, -0.15) is 4.80 Å². The molecule has 1 aromatic rings. The lowest BCUT2D eigenvalue weighted by Crippen LogP contribution is -2.32. The highest BCUT2D eigenvalue weighted by molar-refractivity contribution is 5.90. The first-order chi connectivity index (χ1) is 6.58. The molecule has 0 atom stereocenters. The summed E-state index contributed by atoms with van der Waals surface area (Å²) in [5.74, 6) is 0.0507. The predicted octanol–water partition coefficient (Wildman–Crippen LogP) is -0.853. The zero-order valence-corrected chi connectivity index (χ0v) is 8.48. The minimum atomic E-state index is -0.174. The van der Waals surface area contributed by atoms with Crippen LogP contribution in [0.5, 0.6) is 0 Å². The molecule has 0 aromatic carbocycles. The first kappa shape index (κ1) is 10.6. The summed E-state index contributed by atoms with van der Waals surface area (Å²) in [4.78, 5) is 12.5. The van der Waals surface area contributed by atoms with Crippen molar-refractivity contribution < 1.29 is 4.79 Å². The van der Waals surface area contributed by atoms with Gasteiger partial charge in [0.1, 0.15) is 0 Å². The molecule has 0 unspecified atom stereocenters. The van der Waals surface area contributed by atoms with Crippen LogP contribution in [0.4, 0.5) is 5.95 Å². The Balaban J connectivity index is 2.34. The molecule has 0 saturated carbocycles. The summed E-state index contributed by atoms with van der Waals surface area (Å²) < 4.78 is 0. The van der Waals surface area contributed by atoms with E-state index in [0.717, 1.165) is 0 Å². The van der Waals surface area contributed by atoms with E-state index in [1.807, 2.05) is 13.8 Å². The van der Waals surface area contributed by atoms with Crippen LogP contribution in [0.2, 0.25) is 0 Å². The van der Waals surface area contributed by atoms with E-state index in [4.69, 9.17) is 0 Å². The highest BCUT2D eigenvalue weighted by Gasteiger charge is 2.06. The van der Waals surface area contributed by atoms with Gasteiger partial charge in [0, 0.05) is 6.04 Å². The molecule has 0 aliphatic heterocycles. The molecule has 1 heterocycles. The molecule has 2 N–H and O–H groups in total. The number of hydrogen-bond donors (Lipinski definition) is 2. The monoisotopic (exact) mass is 198 g/mol. The lowest BCUT2D eigenvalue weighted by atomic mass is 10.4. The molecule has 1 rings (SSSR count). The third-order valence-electron chi connectivity index (χ3n) is 1.43. The Morgan fingerprint density at radius 3 is 2.79 bits per heavy atom. The van der Waals surface area contributed by atoms with Gasteiger partial charge in [-0.15, -0.1) is 5.10 Å². The van der Waals surface area contributed by atoms with Gasteiger partial charge in [-0.3, -0.25) is 10.1 Å². The Morgan fingerprint density at radius 2 is 2.29 bits per heavy atom. The van der Waals surface area contributed by atoms with E-state index in [-0.39, 0.29) is 24.4 Å². The molecule has 78 valence electrons. The lowest BCUT2D eigenvalue weighted by Gasteiger charge is -2.06. The van der Waals surface area contributed by atoms with Gasteiger partial charge in [-0.05, 0) is 5.21 Å². The fraction of sp³-hybridized carbons (Fsp3) is 0.714. The van der Waals surface area contributed by atoms with Gasteiger partial charge in [0.2, 0.25) is 5.91 Å². The largest absolute Gasteiger partial charge is 0.306 e. The van der Waals surface area contributed by atoms with Gasteiger partial charge < -0.3 is 5.32 Å². The standard InChI is InChI=1S/C7H14N6O/c1-5(2)8-4-6(14)9-7-10-12-13(3)11-7/h5,8H,4H2,1-3H3,(H,9,11,14). The fourth-order valence-electron chi connectivity index (χ4n) is 0.800. The average Bonchev–Trinajstić information content (AvgIpc) is 2.48. The average molecular weight is 198 g/mol. The molecule has 0 radical (unpaired) electrons. The van der Waals surface area contributed by atoms with E-state index in [2.05, 4.69) is 26.0 Å². The Kier molecular flexibility index (Phi) is 3.52. The van der Waals surface area contributed by atoms with Crippen molar-refractivity contribution in [1.82, 2.24) is 25.5 Å². The summed E-state index contributed by atoms with van der Waals surface area (Å²) in [6.45, 7) is 4.18. The Hall–Kier alpha value is -1.50. The van der Waals surface area contributed by atoms with E-state index in [1.165, 1.54) is 4.80 Å². The predicted molar refractivity (Wildman–Crippen MR) is 50.6 cm³/mol. The number of nitrogens with one attached hydrogen (secondary N) is 2. The van der Waals surface area contributed by atoms with Gasteiger partial charge in [0.15, 0.2) is 0 Å². The van der Waals surface area contributed by atoms with Crippen LogP contribution in [-0.2, 0) is 11.8 Å². The normalized spacial score (nSPS) is 10.6. The summed E-state index contributed by atoms with van der Waals surface area (Å²) in [6.07, 6.45) is 0. The lowest BCUT2D eigenvalue weighted by molar-refractivity contribution is -0.115. The Labute approximate surface area is 81.9 Å². The van der Waals surface area contributed by atoms with Crippen molar-refractivity contribution in [3.8, 4) is 0 Å². The maximum absolute atomic E-state index is 11.2. The molecule has 0 saturated heterocycles. The number of nitrogens with zero attached hydrogens (tertiary/aromatic N) is 4. The Bertz CT molecular complexity index is 307. The van der Waals surface area contributed by atoms with Crippen molar-refractivity contribution in [3.05, 3.63) is 0 Å². The minimum absolute atomic E-state index is 0.174. The second-order valence-electron chi connectivity index (χ2n) is 3.19. The molecule has 0 fully saturated rings. The summed E-state index contributed by atoms with van der Waals surface area (Å²) in [5, 5.41) is 16.5. The van der Waals surface area contributed by atoms with E-state index in [9.17, 15) is 4.79 Å². The number of anilines is 1. The first-order valence-corrected chi connectivity index (χ1v) is 4.35. The van der Waals surface area contributed by atoms with Crippen molar-refractivity contribution in [1.29, 1.82) is 0 Å². The van der Waals surface area contributed by atoms with Crippen LogP contribution in [0.3, 0.4) is 0 Å². The number of tetrazole rings is 1. The van der Waals surface area contributed by atoms with Gasteiger partial charge in [0.05, 0.1) is 13.6 Å². The van der Waals surface area contributed by atoms with Gasteiger partial charge >= 0.3 is 0 Å². The highest BCUT2D eigenvalue weighted by Crippen LogP contribution is 1.90. The van der Waals surface area contributed by atoms with Crippen LogP contribution >= 0.6 is 0 Å². The second-order valence-corrected chi connectivity index (χ2v) is 3.19. The van der Waals surface area contributed by atoms with E-state index < -0.39 is 0 Å².